The summed E-state index contributed by atoms with van der Waals surface area (Å²) in [4.78, 5) is 26.9. The lowest BCUT2D eigenvalue weighted by Crippen LogP contribution is -2.49. The Kier molecular flexibility index (Phi) is 9.17. The third kappa shape index (κ3) is 7.06. The topological polar surface area (TPSA) is 58.6 Å². The molecule has 0 aliphatic carbocycles. The van der Waals surface area contributed by atoms with E-state index in [2.05, 4.69) is 5.32 Å². The van der Waals surface area contributed by atoms with Gasteiger partial charge < -0.3 is 15.0 Å². The minimum Gasteiger partial charge on any atom is -0.497 e. The largest absolute Gasteiger partial charge is 0.497 e. The lowest BCUT2D eigenvalue weighted by molar-refractivity contribution is -0.138. The second-order valence-corrected chi connectivity index (χ2v) is 8.28. The highest BCUT2D eigenvalue weighted by molar-refractivity contribution is 7.99. The predicted molar refractivity (Wildman–Crippen MR) is 119 cm³/mol. The summed E-state index contributed by atoms with van der Waals surface area (Å²) in [7, 11) is 1.61. The molecule has 30 heavy (non-hydrogen) atoms. The highest BCUT2D eigenvalue weighted by atomic mass is 32.2. The fraction of sp³-hybridized carbons (Fsp3) is 0.391. The normalized spacial score (nSPS) is 11.8. The van der Waals surface area contributed by atoms with Crippen LogP contribution >= 0.6 is 11.8 Å². The number of benzene rings is 2. The summed E-state index contributed by atoms with van der Waals surface area (Å²) in [5, 5.41) is 2.83. The molecule has 2 aromatic rings. The van der Waals surface area contributed by atoms with Crippen molar-refractivity contribution in [3.05, 3.63) is 65.5 Å². The molecule has 0 radical (unpaired) electrons. The Morgan fingerprint density at radius 1 is 1.10 bits per heavy atom. The average Bonchev–Trinajstić information content (AvgIpc) is 2.72. The average molecular weight is 433 g/mol. The van der Waals surface area contributed by atoms with Gasteiger partial charge in [0.2, 0.25) is 11.8 Å². The standard InChI is InChI=1S/C23H29FN2O3S/c1-16(2)25-23(28)17(3)26(13-19-7-5-6-8-21(19)24)22(27)15-30-14-18-9-11-20(29-4)12-10-18/h5-12,16-17H,13-15H2,1-4H3,(H,25,28)/t17-/m0/s1. The lowest BCUT2D eigenvalue weighted by atomic mass is 10.1. The monoisotopic (exact) mass is 432 g/mol. The summed E-state index contributed by atoms with van der Waals surface area (Å²) in [6.07, 6.45) is 0. The van der Waals surface area contributed by atoms with Gasteiger partial charge in [-0.2, -0.15) is 0 Å². The molecule has 2 amide bonds. The Hall–Kier alpha value is -2.54. The second kappa shape index (κ2) is 11.6. The number of ether oxygens (including phenoxy) is 1. The minimum absolute atomic E-state index is 0.0429. The number of carbonyl (C=O) groups is 2. The SMILES string of the molecule is COc1ccc(CSCC(=O)N(Cc2ccccc2F)[C@@H](C)C(=O)NC(C)C)cc1. The first-order chi connectivity index (χ1) is 14.3. The van der Waals surface area contributed by atoms with E-state index in [-0.39, 0.29) is 30.2 Å². The van der Waals surface area contributed by atoms with Crippen LogP contribution in [0, 0.1) is 5.82 Å². The number of hydrogen-bond donors (Lipinski definition) is 1. The van der Waals surface area contributed by atoms with Crippen LogP contribution in [-0.2, 0) is 21.9 Å². The van der Waals surface area contributed by atoms with Crippen LogP contribution in [-0.4, -0.2) is 41.7 Å². The fourth-order valence-electron chi connectivity index (χ4n) is 2.86. The predicted octanol–water partition coefficient (Wildman–Crippen LogP) is 4.01. The van der Waals surface area contributed by atoms with Gasteiger partial charge in [0.05, 0.1) is 12.9 Å². The zero-order valence-corrected chi connectivity index (χ0v) is 18.7. The Bertz CT molecular complexity index is 843. The molecule has 0 aliphatic heterocycles. The third-order valence-electron chi connectivity index (χ3n) is 4.55. The van der Waals surface area contributed by atoms with Crippen molar-refractivity contribution in [1.82, 2.24) is 10.2 Å². The van der Waals surface area contributed by atoms with Gasteiger partial charge in [0, 0.05) is 23.9 Å². The van der Waals surface area contributed by atoms with E-state index in [9.17, 15) is 14.0 Å². The zero-order valence-electron chi connectivity index (χ0n) is 17.9. The molecular weight excluding hydrogens is 403 g/mol. The maximum absolute atomic E-state index is 14.2. The van der Waals surface area contributed by atoms with Crippen molar-refractivity contribution in [3.63, 3.8) is 0 Å². The van der Waals surface area contributed by atoms with Gasteiger partial charge in [-0.25, -0.2) is 4.39 Å². The van der Waals surface area contributed by atoms with Crippen LogP contribution in [0.2, 0.25) is 0 Å². The molecule has 1 N–H and O–H groups in total. The quantitative estimate of drug-likeness (QED) is 0.616. The first-order valence-corrected chi connectivity index (χ1v) is 11.0. The van der Waals surface area contributed by atoms with Crippen molar-refractivity contribution in [3.8, 4) is 5.75 Å². The molecule has 0 saturated heterocycles. The van der Waals surface area contributed by atoms with Crippen molar-refractivity contribution in [2.75, 3.05) is 12.9 Å². The summed E-state index contributed by atoms with van der Waals surface area (Å²) >= 11 is 1.46. The van der Waals surface area contributed by atoms with E-state index >= 15 is 0 Å². The molecule has 7 heteroatoms. The molecule has 0 aromatic heterocycles. The van der Waals surface area contributed by atoms with E-state index in [4.69, 9.17) is 4.74 Å². The van der Waals surface area contributed by atoms with Gasteiger partial charge in [0.15, 0.2) is 0 Å². The number of hydrogen-bond acceptors (Lipinski definition) is 4. The summed E-state index contributed by atoms with van der Waals surface area (Å²) in [6, 6.07) is 13.2. The van der Waals surface area contributed by atoms with Crippen molar-refractivity contribution in [2.24, 2.45) is 0 Å². The summed E-state index contributed by atoms with van der Waals surface area (Å²) in [6.45, 7) is 5.43. The van der Waals surface area contributed by atoms with Crippen LogP contribution in [0.3, 0.4) is 0 Å². The Balaban J connectivity index is 2.06. The van der Waals surface area contributed by atoms with Gasteiger partial charge in [0.25, 0.3) is 0 Å². The number of carbonyl (C=O) groups excluding carboxylic acids is 2. The number of halogens is 1. The highest BCUT2D eigenvalue weighted by Crippen LogP contribution is 2.19. The first kappa shape index (κ1) is 23.7. The smallest absolute Gasteiger partial charge is 0.242 e. The number of nitrogens with one attached hydrogen (secondary N) is 1. The molecule has 2 aromatic carbocycles. The molecule has 0 saturated carbocycles. The highest BCUT2D eigenvalue weighted by Gasteiger charge is 2.27. The van der Waals surface area contributed by atoms with Crippen LogP contribution in [0.25, 0.3) is 0 Å². The van der Waals surface area contributed by atoms with Gasteiger partial charge in [-0.05, 0) is 44.5 Å². The summed E-state index contributed by atoms with van der Waals surface area (Å²) < 4.78 is 19.3. The van der Waals surface area contributed by atoms with Crippen LogP contribution in [0.1, 0.15) is 31.9 Å². The molecule has 0 bridgehead atoms. The molecule has 0 spiro atoms. The van der Waals surface area contributed by atoms with Gasteiger partial charge in [0.1, 0.15) is 17.6 Å². The molecule has 2 rings (SSSR count). The van der Waals surface area contributed by atoms with Gasteiger partial charge in [-0.3, -0.25) is 9.59 Å². The minimum atomic E-state index is -0.707. The van der Waals surface area contributed by atoms with E-state index < -0.39 is 11.9 Å². The van der Waals surface area contributed by atoms with Crippen LogP contribution in [0.5, 0.6) is 5.75 Å². The third-order valence-corrected chi connectivity index (χ3v) is 5.54. The number of methoxy groups -OCH3 is 1. The maximum atomic E-state index is 14.2. The van der Waals surface area contributed by atoms with Gasteiger partial charge >= 0.3 is 0 Å². The van der Waals surface area contributed by atoms with Gasteiger partial charge in [-0.1, -0.05) is 30.3 Å². The first-order valence-electron chi connectivity index (χ1n) is 9.85. The number of nitrogens with zero attached hydrogens (tertiary/aromatic N) is 1. The van der Waals surface area contributed by atoms with Crippen LogP contribution < -0.4 is 10.1 Å². The molecule has 5 nitrogen and oxygen atoms in total. The zero-order chi connectivity index (χ0) is 22.1. The van der Waals surface area contributed by atoms with Crippen molar-refractivity contribution >= 4 is 23.6 Å². The second-order valence-electron chi connectivity index (χ2n) is 7.29. The Labute approximate surface area is 182 Å². The molecular formula is C23H29FN2O3S. The number of rotatable bonds is 10. The van der Waals surface area contributed by atoms with E-state index in [1.807, 2.05) is 38.1 Å². The van der Waals surface area contributed by atoms with E-state index in [0.29, 0.717) is 11.3 Å². The summed E-state index contributed by atoms with van der Waals surface area (Å²) in [5.41, 5.74) is 1.45. The maximum Gasteiger partial charge on any atom is 0.242 e. The van der Waals surface area contributed by atoms with Crippen molar-refractivity contribution in [2.45, 2.75) is 45.2 Å². The van der Waals surface area contributed by atoms with Crippen molar-refractivity contribution < 1.29 is 18.7 Å². The van der Waals surface area contributed by atoms with E-state index in [1.54, 1.807) is 32.2 Å². The van der Waals surface area contributed by atoms with Gasteiger partial charge in [-0.15, -0.1) is 11.8 Å². The Morgan fingerprint density at radius 3 is 2.37 bits per heavy atom. The molecule has 162 valence electrons. The van der Waals surface area contributed by atoms with Crippen LogP contribution in [0.15, 0.2) is 48.5 Å². The Morgan fingerprint density at radius 2 is 1.77 bits per heavy atom. The van der Waals surface area contributed by atoms with Crippen LogP contribution in [0.4, 0.5) is 4.39 Å². The molecule has 1 atom stereocenters. The number of thioether (sulfide) groups is 1. The number of amides is 2. The fourth-order valence-corrected chi connectivity index (χ4v) is 3.73. The molecule has 0 fully saturated rings. The molecule has 0 heterocycles. The van der Waals surface area contributed by atoms with E-state index in [1.165, 1.54) is 22.7 Å². The van der Waals surface area contributed by atoms with E-state index in [0.717, 1.165) is 11.3 Å². The molecule has 0 unspecified atom stereocenters. The summed E-state index contributed by atoms with van der Waals surface area (Å²) in [5.74, 6) is 0.770. The van der Waals surface area contributed by atoms with Crippen molar-refractivity contribution in [1.29, 1.82) is 0 Å². The molecule has 0 aliphatic rings. The lowest BCUT2D eigenvalue weighted by Gasteiger charge is -2.29.